The van der Waals surface area contributed by atoms with Gasteiger partial charge in [0.1, 0.15) is 19.3 Å². The van der Waals surface area contributed by atoms with Crippen LogP contribution < -0.4 is 0 Å². The second-order valence-electron chi connectivity index (χ2n) is 28.5. The summed E-state index contributed by atoms with van der Waals surface area (Å²) in [6.07, 6.45) is 56.8. The van der Waals surface area contributed by atoms with Crippen molar-refractivity contribution < 1.29 is 80.2 Å². The second kappa shape index (κ2) is 68.8. The lowest BCUT2D eigenvalue weighted by Crippen LogP contribution is -2.30. The monoisotopic (exact) mass is 1410 g/mol. The van der Waals surface area contributed by atoms with Crippen molar-refractivity contribution in [2.75, 3.05) is 39.6 Å². The summed E-state index contributed by atoms with van der Waals surface area (Å²) in [5.74, 6) is -0.487. The number of phosphoric acid groups is 2. The van der Waals surface area contributed by atoms with Gasteiger partial charge in [-0.3, -0.25) is 37.3 Å². The first-order valence-electron chi connectivity index (χ1n) is 40.0. The molecule has 0 aliphatic carbocycles. The molecule has 0 bridgehead atoms. The average Bonchev–Trinajstić information content (AvgIpc) is 2.15. The van der Waals surface area contributed by atoms with Crippen molar-refractivity contribution in [2.45, 2.75) is 419 Å². The van der Waals surface area contributed by atoms with Crippen LogP contribution in [0.3, 0.4) is 0 Å². The largest absolute Gasteiger partial charge is 0.472 e. The zero-order valence-electron chi connectivity index (χ0n) is 62.7. The number of hydrogen-bond acceptors (Lipinski definition) is 15. The van der Waals surface area contributed by atoms with Gasteiger partial charge in [-0.1, -0.05) is 350 Å². The Balaban J connectivity index is 5.22. The number of esters is 4. The van der Waals surface area contributed by atoms with E-state index in [-0.39, 0.29) is 25.7 Å². The van der Waals surface area contributed by atoms with Crippen LogP contribution in [0, 0.1) is 11.8 Å². The van der Waals surface area contributed by atoms with Gasteiger partial charge < -0.3 is 33.8 Å². The van der Waals surface area contributed by atoms with Gasteiger partial charge in [0, 0.05) is 25.7 Å². The topological polar surface area (TPSA) is 237 Å². The minimum atomic E-state index is -4.96. The van der Waals surface area contributed by atoms with E-state index in [9.17, 15) is 43.2 Å². The molecule has 0 aromatic rings. The van der Waals surface area contributed by atoms with Gasteiger partial charge in [0.05, 0.1) is 26.4 Å². The summed E-state index contributed by atoms with van der Waals surface area (Å²) in [5.41, 5.74) is 0. The fourth-order valence-corrected chi connectivity index (χ4v) is 13.4. The minimum absolute atomic E-state index is 0.108. The van der Waals surface area contributed by atoms with E-state index in [1.54, 1.807) is 0 Å². The molecule has 3 N–H and O–H groups in total. The Bertz CT molecular complexity index is 1860. The highest BCUT2D eigenvalue weighted by atomic mass is 31.2. The van der Waals surface area contributed by atoms with Gasteiger partial charge in [-0.15, -0.1) is 0 Å². The van der Waals surface area contributed by atoms with Crippen molar-refractivity contribution in [3.05, 3.63) is 0 Å². The Morgan fingerprint density at radius 3 is 0.792 bits per heavy atom. The molecule has 17 nitrogen and oxygen atoms in total. The van der Waals surface area contributed by atoms with Crippen LogP contribution in [0.1, 0.15) is 401 Å². The van der Waals surface area contributed by atoms with Gasteiger partial charge in [-0.05, 0) is 37.5 Å². The molecule has 0 aliphatic rings. The van der Waals surface area contributed by atoms with E-state index in [0.29, 0.717) is 25.7 Å². The van der Waals surface area contributed by atoms with E-state index in [1.165, 1.54) is 212 Å². The van der Waals surface area contributed by atoms with Crippen molar-refractivity contribution in [3.8, 4) is 0 Å². The van der Waals surface area contributed by atoms with Crippen LogP contribution in [-0.4, -0.2) is 96.7 Å². The van der Waals surface area contributed by atoms with Gasteiger partial charge in [-0.2, -0.15) is 0 Å². The number of rotatable bonds is 76. The van der Waals surface area contributed by atoms with Gasteiger partial charge in [0.2, 0.25) is 0 Å². The molecule has 0 rings (SSSR count). The lowest BCUT2D eigenvalue weighted by atomic mass is 9.99. The van der Waals surface area contributed by atoms with E-state index in [4.69, 9.17) is 37.0 Å². The molecule has 19 heteroatoms. The maximum Gasteiger partial charge on any atom is 0.472 e. The molecule has 0 amide bonds. The molecule has 0 heterocycles. The first-order valence-corrected chi connectivity index (χ1v) is 43.0. The van der Waals surface area contributed by atoms with Crippen molar-refractivity contribution in [1.82, 2.24) is 0 Å². The number of hydrogen-bond donors (Lipinski definition) is 3. The van der Waals surface area contributed by atoms with Crippen LogP contribution >= 0.6 is 15.6 Å². The molecule has 0 aromatic heterocycles. The number of carbonyl (C=O) groups excluding carboxylic acids is 4. The molecular weight excluding hydrogens is 1260 g/mol. The molecule has 96 heavy (non-hydrogen) atoms. The summed E-state index contributed by atoms with van der Waals surface area (Å²) < 4.78 is 68.5. The normalized spacial score (nSPS) is 14.3. The minimum Gasteiger partial charge on any atom is -0.462 e. The molecule has 0 spiro atoms. The van der Waals surface area contributed by atoms with Gasteiger partial charge in [0.15, 0.2) is 12.2 Å². The Morgan fingerprint density at radius 1 is 0.302 bits per heavy atom. The van der Waals surface area contributed by atoms with E-state index in [0.717, 1.165) is 108 Å². The Kier molecular flexibility index (Phi) is 67.4. The third kappa shape index (κ3) is 69.2. The first-order chi connectivity index (χ1) is 46.4. The zero-order valence-corrected chi connectivity index (χ0v) is 64.5. The Labute approximate surface area is 588 Å². The van der Waals surface area contributed by atoms with Crippen LogP contribution in [0.15, 0.2) is 0 Å². The Hall–Kier alpha value is -1.94. The summed E-state index contributed by atoms with van der Waals surface area (Å²) >= 11 is 0. The quantitative estimate of drug-likeness (QED) is 0.0222. The smallest absolute Gasteiger partial charge is 0.462 e. The highest BCUT2D eigenvalue weighted by Gasteiger charge is 2.30. The summed E-state index contributed by atoms with van der Waals surface area (Å²) in [6.45, 7) is 9.65. The summed E-state index contributed by atoms with van der Waals surface area (Å²) in [5, 5.41) is 10.6. The molecule has 3 unspecified atom stereocenters. The highest BCUT2D eigenvalue weighted by molar-refractivity contribution is 7.47. The van der Waals surface area contributed by atoms with Crippen molar-refractivity contribution in [3.63, 3.8) is 0 Å². The van der Waals surface area contributed by atoms with Gasteiger partial charge in [0.25, 0.3) is 0 Å². The van der Waals surface area contributed by atoms with Gasteiger partial charge >= 0.3 is 39.5 Å². The van der Waals surface area contributed by atoms with Crippen molar-refractivity contribution >= 4 is 39.5 Å². The lowest BCUT2D eigenvalue weighted by molar-refractivity contribution is -0.161. The molecule has 0 saturated carbocycles. The average molecular weight is 1410 g/mol. The molecule has 0 aromatic carbocycles. The van der Waals surface area contributed by atoms with Crippen LogP contribution in [0.2, 0.25) is 0 Å². The Morgan fingerprint density at radius 2 is 0.531 bits per heavy atom. The predicted molar refractivity (Wildman–Crippen MR) is 391 cm³/mol. The van der Waals surface area contributed by atoms with Crippen LogP contribution in [0.4, 0.5) is 0 Å². The lowest BCUT2D eigenvalue weighted by Gasteiger charge is -2.21. The number of unbranched alkanes of at least 4 members (excludes halogenated alkanes) is 45. The summed E-state index contributed by atoms with van der Waals surface area (Å²) in [4.78, 5) is 72.8. The second-order valence-corrected chi connectivity index (χ2v) is 31.4. The van der Waals surface area contributed by atoms with Crippen LogP contribution in [-0.2, 0) is 65.4 Å². The molecule has 0 radical (unpaired) electrons. The molecule has 0 saturated heterocycles. The first kappa shape index (κ1) is 94.1. The van der Waals surface area contributed by atoms with Crippen LogP contribution in [0.5, 0.6) is 0 Å². The van der Waals surface area contributed by atoms with E-state index in [2.05, 4.69) is 41.5 Å². The zero-order chi connectivity index (χ0) is 70.7. The fourth-order valence-electron chi connectivity index (χ4n) is 11.8. The third-order valence-corrected chi connectivity index (χ3v) is 20.2. The van der Waals surface area contributed by atoms with E-state index >= 15 is 0 Å². The summed E-state index contributed by atoms with van der Waals surface area (Å²) in [6, 6.07) is 0. The van der Waals surface area contributed by atoms with Gasteiger partial charge in [-0.25, -0.2) is 9.13 Å². The van der Waals surface area contributed by atoms with E-state index in [1.807, 2.05) is 0 Å². The maximum atomic E-state index is 13.1. The standard InChI is InChI=1S/C77H150O17P2/c1-7-10-12-14-16-18-19-20-21-25-32-37-43-49-55-61-76(81)93-72(65-87-74(79)59-53-47-41-17-15-13-11-8-2)67-91-95(83,84)89-63-71(78)64-90-96(85,86)92-68-73(66-88-75(80)60-54-48-42-36-31-28-27-29-34-39-45-51-57-69(4)5)94-77(82)62-56-50-44-38-33-26-23-22-24-30-35-40-46-52-58-70(6)9-3/h69-73,78H,7-68H2,1-6H3,(H,83,84)(H,85,86)/t70?,71-,72+,73+/m0/s1. The highest BCUT2D eigenvalue weighted by Crippen LogP contribution is 2.45. The fraction of sp³-hybridized carbons (Fsp3) is 0.948. The molecule has 0 aliphatic heterocycles. The molecular formula is C77H150O17P2. The number of phosphoric ester groups is 2. The van der Waals surface area contributed by atoms with E-state index < -0.39 is 97.5 Å². The molecule has 570 valence electrons. The maximum absolute atomic E-state index is 13.1. The summed E-state index contributed by atoms with van der Waals surface area (Å²) in [7, 11) is -9.91. The third-order valence-electron chi connectivity index (χ3n) is 18.3. The van der Waals surface area contributed by atoms with Crippen molar-refractivity contribution in [2.24, 2.45) is 11.8 Å². The predicted octanol–water partition coefficient (Wildman–Crippen LogP) is 22.7. The SMILES string of the molecule is CCCCCCCCCCCCCCCCCC(=O)O[C@H](COC(=O)CCCCCCCCCC)COP(=O)(O)OC[C@H](O)COP(=O)(O)OC[C@@H](COC(=O)CCCCCCCCCCCCCCC(C)C)OC(=O)CCCCCCCCCCCCCCCCC(C)CC. The molecule has 0 fully saturated rings. The van der Waals surface area contributed by atoms with Crippen LogP contribution in [0.25, 0.3) is 0 Å². The number of aliphatic hydroxyl groups excluding tert-OH is 1. The molecule has 6 atom stereocenters. The van der Waals surface area contributed by atoms with Crippen molar-refractivity contribution in [1.29, 1.82) is 0 Å². The number of carbonyl (C=O) groups is 4. The number of aliphatic hydroxyl groups is 1. The number of ether oxygens (including phenoxy) is 4.